The van der Waals surface area contributed by atoms with Crippen LogP contribution in [0, 0.1) is 0 Å². The lowest BCUT2D eigenvalue weighted by Gasteiger charge is -2.27. The summed E-state index contributed by atoms with van der Waals surface area (Å²) in [6.07, 6.45) is -1.47. The summed E-state index contributed by atoms with van der Waals surface area (Å²) >= 11 is 0. The molecular formula is C31H26O9. The molecule has 0 saturated carbocycles. The number of carbonyl (C=O) groups is 2. The van der Waals surface area contributed by atoms with Crippen molar-refractivity contribution in [2.24, 2.45) is 0 Å². The maximum absolute atomic E-state index is 12.6. The van der Waals surface area contributed by atoms with Gasteiger partial charge in [-0.25, -0.2) is 9.59 Å². The average molecular weight is 543 g/mol. The molecule has 1 atom stereocenters. The number of phenolic OH excluding ortho intramolecular Hbond substituents is 2. The van der Waals surface area contributed by atoms with Gasteiger partial charge in [-0.2, -0.15) is 0 Å². The number of benzene rings is 4. The van der Waals surface area contributed by atoms with Crippen LogP contribution in [0.3, 0.4) is 0 Å². The summed E-state index contributed by atoms with van der Waals surface area (Å²) in [5, 5.41) is 20.0. The summed E-state index contributed by atoms with van der Waals surface area (Å²) in [6.45, 7) is -0.00768. The third-order valence-corrected chi connectivity index (χ3v) is 6.22. The molecule has 0 unspecified atom stereocenters. The fourth-order valence-electron chi connectivity index (χ4n) is 4.26. The Hall–Kier alpha value is -5.18. The van der Waals surface area contributed by atoms with E-state index in [4.69, 9.17) is 23.7 Å². The monoisotopic (exact) mass is 542 g/mol. The number of ether oxygens (including phenoxy) is 5. The quantitative estimate of drug-likeness (QED) is 0.197. The van der Waals surface area contributed by atoms with Crippen LogP contribution in [0.5, 0.6) is 28.7 Å². The van der Waals surface area contributed by atoms with Crippen LogP contribution in [-0.2, 0) is 29.1 Å². The summed E-state index contributed by atoms with van der Waals surface area (Å²) in [7, 11) is 0. The first-order valence-electron chi connectivity index (χ1n) is 12.6. The Morgan fingerprint density at radius 3 is 1.98 bits per heavy atom. The zero-order chi connectivity index (χ0) is 27.9. The molecule has 2 N–H and O–H groups in total. The fourth-order valence-corrected chi connectivity index (χ4v) is 4.26. The van der Waals surface area contributed by atoms with Gasteiger partial charge in [0.2, 0.25) is 0 Å². The lowest BCUT2D eigenvalue weighted by Crippen LogP contribution is -2.17. The maximum atomic E-state index is 12.6. The van der Waals surface area contributed by atoms with E-state index < -0.39 is 18.4 Å². The highest BCUT2D eigenvalue weighted by molar-refractivity contribution is 5.69. The number of rotatable bonds is 7. The highest BCUT2D eigenvalue weighted by Gasteiger charge is 2.26. The molecule has 4 aromatic carbocycles. The van der Waals surface area contributed by atoms with E-state index in [2.05, 4.69) is 0 Å². The summed E-state index contributed by atoms with van der Waals surface area (Å²) < 4.78 is 27.3. The van der Waals surface area contributed by atoms with Crippen molar-refractivity contribution < 1.29 is 43.5 Å². The number of phenols is 2. The van der Waals surface area contributed by atoms with Crippen LogP contribution < -0.4 is 14.2 Å². The van der Waals surface area contributed by atoms with E-state index in [9.17, 15) is 19.8 Å². The normalized spacial score (nSPS) is 13.8. The minimum absolute atomic E-state index is 0.00206. The fraction of sp³-hybridized carbons (Fsp3) is 0.161. The maximum Gasteiger partial charge on any atom is 0.514 e. The topological polar surface area (TPSA) is 121 Å². The molecule has 4 aromatic rings. The Morgan fingerprint density at radius 2 is 1.35 bits per heavy atom. The van der Waals surface area contributed by atoms with Crippen LogP contribution >= 0.6 is 0 Å². The standard InChI is InChI=1S/C31H26O9/c32-23-16-25(33)24-12-14-26(38-28(24)17-23)22-11-13-27(39-30(34)36-18-20-7-3-1-4-8-20)29(15-22)40-31(35)37-19-21-9-5-2-6-10-21/h1-11,13,15-17,26,32-33H,12,14,18-19H2/t26-/m0/s1. The van der Waals surface area contributed by atoms with Gasteiger partial charge in [0.05, 0.1) is 0 Å². The van der Waals surface area contributed by atoms with E-state index in [-0.39, 0.29) is 36.2 Å². The van der Waals surface area contributed by atoms with Crippen molar-refractivity contribution in [2.75, 3.05) is 0 Å². The molecule has 0 spiro atoms. The molecule has 0 fully saturated rings. The molecule has 0 aromatic heterocycles. The van der Waals surface area contributed by atoms with Crippen LogP contribution in [0.1, 0.15) is 34.8 Å². The second kappa shape index (κ2) is 12.1. The van der Waals surface area contributed by atoms with E-state index in [0.29, 0.717) is 29.7 Å². The summed E-state index contributed by atoms with van der Waals surface area (Å²) in [5.41, 5.74) is 2.76. The largest absolute Gasteiger partial charge is 0.514 e. The smallest absolute Gasteiger partial charge is 0.508 e. The zero-order valence-electron chi connectivity index (χ0n) is 21.3. The second-order valence-electron chi connectivity index (χ2n) is 9.05. The van der Waals surface area contributed by atoms with Gasteiger partial charge in [0, 0.05) is 17.7 Å². The van der Waals surface area contributed by atoms with Gasteiger partial charge in [-0.15, -0.1) is 0 Å². The van der Waals surface area contributed by atoms with Gasteiger partial charge in [0.25, 0.3) is 0 Å². The third kappa shape index (κ3) is 6.63. The summed E-state index contributed by atoms with van der Waals surface area (Å²) in [6, 6.07) is 25.6. The van der Waals surface area contributed by atoms with Crippen LogP contribution in [0.15, 0.2) is 91.0 Å². The highest BCUT2D eigenvalue weighted by Crippen LogP contribution is 2.43. The first-order valence-corrected chi connectivity index (χ1v) is 12.6. The molecule has 40 heavy (non-hydrogen) atoms. The molecule has 0 bridgehead atoms. The molecule has 1 aliphatic heterocycles. The molecule has 0 saturated heterocycles. The Bertz CT molecular complexity index is 1490. The number of hydrogen-bond donors (Lipinski definition) is 2. The van der Waals surface area contributed by atoms with Crippen molar-refractivity contribution in [2.45, 2.75) is 32.2 Å². The van der Waals surface area contributed by atoms with Crippen LogP contribution in [0.25, 0.3) is 0 Å². The average Bonchev–Trinajstić information content (AvgIpc) is 2.96. The van der Waals surface area contributed by atoms with E-state index in [1.807, 2.05) is 36.4 Å². The number of aromatic hydroxyl groups is 2. The van der Waals surface area contributed by atoms with Gasteiger partial charge in [-0.1, -0.05) is 66.7 Å². The van der Waals surface area contributed by atoms with E-state index in [0.717, 1.165) is 11.1 Å². The van der Waals surface area contributed by atoms with Crippen LogP contribution in [0.2, 0.25) is 0 Å². The Kier molecular flexibility index (Phi) is 8.01. The molecular weight excluding hydrogens is 516 g/mol. The number of fused-ring (bicyclic) bond motifs is 1. The van der Waals surface area contributed by atoms with Crippen molar-refractivity contribution in [1.29, 1.82) is 0 Å². The molecule has 0 aliphatic carbocycles. The van der Waals surface area contributed by atoms with Crippen molar-refractivity contribution in [3.8, 4) is 28.7 Å². The second-order valence-corrected chi connectivity index (χ2v) is 9.05. The SMILES string of the molecule is O=C(OCc1ccccc1)Oc1ccc([C@@H]2CCc3c(O)cc(O)cc3O2)cc1OC(=O)OCc1ccccc1. The van der Waals surface area contributed by atoms with E-state index in [1.54, 1.807) is 30.3 Å². The predicted molar refractivity (Wildman–Crippen MR) is 142 cm³/mol. The molecule has 204 valence electrons. The highest BCUT2D eigenvalue weighted by atomic mass is 16.7. The van der Waals surface area contributed by atoms with Crippen molar-refractivity contribution in [1.82, 2.24) is 0 Å². The van der Waals surface area contributed by atoms with E-state index >= 15 is 0 Å². The molecule has 9 heteroatoms. The zero-order valence-corrected chi connectivity index (χ0v) is 21.3. The van der Waals surface area contributed by atoms with Gasteiger partial charge in [0.15, 0.2) is 11.5 Å². The van der Waals surface area contributed by atoms with Crippen molar-refractivity contribution in [3.63, 3.8) is 0 Å². The van der Waals surface area contributed by atoms with Crippen LogP contribution in [0.4, 0.5) is 9.59 Å². The Morgan fingerprint density at radius 1 is 0.750 bits per heavy atom. The van der Waals surface area contributed by atoms with Gasteiger partial charge in [0.1, 0.15) is 36.6 Å². The Balaban J connectivity index is 1.33. The number of hydrogen-bond acceptors (Lipinski definition) is 9. The molecule has 5 rings (SSSR count). The molecule has 1 heterocycles. The van der Waals surface area contributed by atoms with Gasteiger partial charge >= 0.3 is 12.3 Å². The van der Waals surface area contributed by atoms with Crippen molar-refractivity contribution in [3.05, 3.63) is 113 Å². The van der Waals surface area contributed by atoms with Gasteiger partial charge in [-0.3, -0.25) is 0 Å². The van der Waals surface area contributed by atoms with E-state index in [1.165, 1.54) is 24.3 Å². The number of carbonyl (C=O) groups excluding carboxylic acids is 2. The summed E-state index contributed by atoms with van der Waals surface area (Å²) in [4.78, 5) is 25.0. The molecule has 1 aliphatic rings. The minimum atomic E-state index is -0.992. The lowest BCUT2D eigenvalue weighted by atomic mass is 9.96. The first-order chi connectivity index (χ1) is 19.4. The van der Waals surface area contributed by atoms with Gasteiger partial charge < -0.3 is 33.9 Å². The third-order valence-electron chi connectivity index (χ3n) is 6.22. The predicted octanol–water partition coefficient (Wildman–Crippen LogP) is 6.60. The van der Waals surface area contributed by atoms with Gasteiger partial charge in [-0.05, 0) is 41.7 Å². The minimum Gasteiger partial charge on any atom is -0.508 e. The molecule has 0 radical (unpaired) electrons. The first kappa shape index (κ1) is 26.4. The Labute approximate surface area is 230 Å². The van der Waals surface area contributed by atoms with Crippen molar-refractivity contribution >= 4 is 12.3 Å². The lowest BCUT2D eigenvalue weighted by molar-refractivity contribution is 0.0830. The van der Waals surface area contributed by atoms with Crippen LogP contribution in [-0.4, -0.2) is 22.5 Å². The summed E-state index contributed by atoms with van der Waals surface area (Å²) in [5.74, 6) is 0.0601. The molecule has 9 nitrogen and oxygen atoms in total. The molecule has 0 amide bonds.